The average Bonchev–Trinajstić information content (AvgIpc) is 3.19. The third kappa shape index (κ3) is 3.49. The summed E-state index contributed by atoms with van der Waals surface area (Å²) in [5.41, 5.74) is 2.06. The number of nitrogens with one attached hydrogen (secondary N) is 1. The monoisotopic (exact) mass is 472 g/mol. The molecule has 0 radical (unpaired) electrons. The first-order valence-corrected chi connectivity index (χ1v) is 10.8. The lowest BCUT2D eigenvalue weighted by molar-refractivity contribution is -0.183. The molecule has 178 valence electrons. The van der Waals surface area contributed by atoms with Crippen LogP contribution in [0.5, 0.6) is 0 Å². The largest absolute Gasteiger partial charge is 0.479 e. The summed E-state index contributed by atoms with van der Waals surface area (Å²) in [6.45, 7) is -1.51. The summed E-state index contributed by atoms with van der Waals surface area (Å²) in [7, 11) is 0. The molecule has 5 rings (SSSR count). The van der Waals surface area contributed by atoms with Crippen molar-refractivity contribution in [2.45, 2.75) is 17.4 Å². The topological polar surface area (TPSA) is 116 Å². The summed E-state index contributed by atoms with van der Waals surface area (Å²) in [4.78, 5) is 36.3. The molecule has 10 heteroatoms. The van der Waals surface area contributed by atoms with Gasteiger partial charge in [0, 0.05) is 12.5 Å². The minimum atomic E-state index is -3.33. The number of hydrogen-bond acceptors (Lipinski definition) is 5. The van der Waals surface area contributed by atoms with Crippen LogP contribution in [0.3, 0.4) is 0 Å². The maximum atomic E-state index is 14.2. The Morgan fingerprint density at radius 3 is 2.15 bits per heavy atom. The Morgan fingerprint density at radius 1 is 1.03 bits per heavy atom. The van der Waals surface area contributed by atoms with Crippen LogP contribution < -0.4 is 5.32 Å². The van der Waals surface area contributed by atoms with E-state index < -0.39 is 61.0 Å². The van der Waals surface area contributed by atoms with Crippen LogP contribution >= 0.6 is 0 Å². The first-order valence-electron chi connectivity index (χ1n) is 10.8. The third-order valence-corrected chi connectivity index (χ3v) is 6.89. The van der Waals surface area contributed by atoms with Crippen molar-refractivity contribution in [3.8, 4) is 11.1 Å². The van der Waals surface area contributed by atoms with E-state index in [4.69, 9.17) is 9.84 Å². The highest BCUT2D eigenvalue weighted by Crippen LogP contribution is 2.56. The van der Waals surface area contributed by atoms with Gasteiger partial charge in [0.1, 0.15) is 12.5 Å². The summed E-state index contributed by atoms with van der Waals surface area (Å²) in [6, 6.07) is 15.6. The van der Waals surface area contributed by atoms with Crippen LogP contribution in [-0.2, 0) is 14.3 Å². The van der Waals surface area contributed by atoms with Crippen LogP contribution in [0.2, 0.25) is 0 Å². The first kappa shape index (κ1) is 22.3. The lowest BCUT2D eigenvalue weighted by Crippen LogP contribution is -2.67. The zero-order valence-corrected chi connectivity index (χ0v) is 17.9. The molecule has 1 saturated carbocycles. The number of nitrogens with zero attached hydrogens (tertiary/aromatic N) is 1. The number of aliphatic carboxylic acids is 1. The summed E-state index contributed by atoms with van der Waals surface area (Å²) < 4.78 is 33.7. The van der Waals surface area contributed by atoms with Gasteiger partial charge in [-0.15, -0.1) is 0 Å². The van der Waals surface area contributed by atoms with E-state index in [-0.39, 0.29) is 12.5 Å². The molecule has 1 saturated heterocycles. The first-order chi connectivity index (χ1) is 16.1. The molecule has 2 aromatic carbocycles. The van der Waals surface area contributed by atoms with Crippen molar-refractivity contribution in [3.63, 3.8) is 0 Å². The van der Waals surface area contributed by atoms with E-state index in [2.05, 4.69) is 5.32 Å². The molecule has 0 spiro atoms. The fourth-order valence-corrected chi connectivity index (χ4v) is 4.90. The molecule has 2 atom stereocenters. The van der Waals surface area contributed by atoms with Gasteiger partial charge in [-0.1, -0.05) is 48.5 Å². The molecule has 1 heterocycles. The fraction of sp³-hybridized carbons (Fsp3) is 0.375. The van der Waals surface area contributed by atoms with E-state index in [1.807, 2.05) is 48.5 Å². The number of fused-ring (bicyclic) bond motifs is 3. The number of carboxylic acids is 1. The predicted molar refractivity (Wildman–Crippen MR) is 114 cm³/mol. The van der Waals surface area contributed by atoms with Crippen LogP contribution in [0.25, 0.3) is 11.1 Å². The zero-order valence-electron chi connectivity index (χ0n) is 17.9. The van der Waals surface area contributed by atoms with Gasteiger partial charge in [-0.3, -0.25) is 4.79 Å². The van der Waals surface area contributed by atoms with E-state index in [1.165, 1.54) is 0 Å². The highest BCUT2D eigenvalue weighted by molar-refractivity contribution is 5.89. The van der Waals surface area contributed by atoms with E-state index in [9.17, 15) is 28.3 Å². The summed E-state index contributed by atoms with van der Waals surface area (Å²) in [5.74, 6) is -9.03. The number of hydrogen-bond donors (Lipinski definition) is 3. The second-order valence-electron chi connectivity index (χ2n) is 9.00. The van der Waals surface area contributed by atoms with E-state index in [0.717, 1.165) is 27.2 Å². The Kier molecular flexibility index (Phi) is 5.09. The van der Waals surface area contributed by atoms with Gasteiger partial charge in [0.15, 0.2) is 5.60 Å². The Bertz CT molecular complexity index is 1130. The SMILES string of the molecule is O=C(NC[C@H]1[C@@H](C(=O)N2CC(O)(C(=O)O)C2)C1(F)F)OCC1c2ccccc2-c2ccccc21. The molecular formula is C24H22F2N2O6. The van der Waals surface area contributed by atoms with E-state index >= 15 is 0 Å². The summed E-state index contributed by atoms with van der Waals surface area (Å²) >= 11 is 0. The van der Waals surface area contributed by atoms with Crippen LogP contribution in [0.4, 0.5) is 13.6 Å². The zero-order chi connectivity index (χ0) is 24.3. The number of benzene rings is 2. The van der Waals surface area contributed by atoms with Crippen LogP contribution in [-0.4, -0.2) is 70.8 Å². The maximum Gasteiger partial charge on any atom is 0.407 e. The van der Waals surface area contributed by atoms with Crippen LogP contribution in [0.1, 0.15) is 17.0 Å². The smallest absolute Gasteiger partial charge is 0.407 e. The molecule has 1 aliphatic heterocycles. The maximum absolute atomic E-state index is 14.2. The number of alkyl carbamates (subject to hydrolysis) is 1. The molecule has 0 aromatic heterocycles. The fourth-order valence-electron chi connectivity index (χ4n) is 4.90. The number of carbonyl (C=O) groups is 3. The van der Waals surface area contributed by atoms with Crippen molar-refractivity contribution in [2.24, 2.45) is 11.8 Å². The average molecular weight is 472 g/mol. The number of β-amino-alcohol motifs (C(OH)–C–C–N with tert-alkyl or cyclic N) is 1. The summed E-state index contributed by atoms with van der Waals surface area (Å²) in [6.07, 6.45) is -0.861. The molecule has 34 heavy (non-hydrogen) atoms. The Labute approximate surface area is 193 Å². The molecule has 0 unspecified atom stereocenters. The van der Waals surface area contributed by atoms with Gasteiger partial charge in [0.05, 0.1) is 19.0 Å². The normalized spacial score (nSPS) is 23.3. The molecule has 2 aromatic rings. The van der Waals surface area contributed by atoms with Gasteiger partial charge in [-0.05, 0) is 22.3 Å². The van der Waals surface area contributed by atoms with E-state index in [0.29, 0.717) is 0 Å². The molecule has 3 aliphatic rings. The Hall–Kier alpha value is -3.53. The van der Waals surface area contributed by atoms with Crippen molar-refractivity contribution in [2.75, 3.05) is 26.2 Å². The van der Waals surface area contributed by atoms with Crippen LogP contribution in [0, 0.1) is 11.8 Å². The highest BCUT2D eigenvalue weighted by Gasteiger charge is 2.73. The van der Waals surface area contributed by atoms with Gasteiger partial charge in [0.25, 0.3) is 5.92 Å². The Balaban J connectivity index is 1.15. The van der Waals surface area contributed by atoms with Crippen molar-refractivity contribution in [1.82, 2.24) is 10.2 Å². The lowest BCUT2D eigenvalue weighted by Gasteiger charge is -2.43. The standard InChI is InChI=1S/C24H22F2N2O6/c25-24(26)18(19(24)20(29)28-11-23(33,12-28)21(30)31)9-27-22(32)34-10-17-15-7-3-1-5-13(15)14-6-2-4-8-16(14)17/h1-8,17-19,33H,9-12H2,(H,27,32)(H,30,31)/t18-,19-/m0/s1. The number of carbonyl (C=O) groups excluding carboxylic acids is 2. The molecule has 2 amide bonds. The number of likely N-dealkylation sites (tertiary alicyclic amines) is 1. The third-order valence-electron chi connectivity index (χ3n) is 6.89. The van der Waals surface area contributed by atoms with Gasteiger partial charge >= 0.3 is 12.1 Å². The predicted octanol–water partition coefficient (Wildman–Crippen LogP) is 2.06. The molecule has 3 N–H and O–H groups in total. The number of halogens is 2. The molecule has 2 fully saturated rings. The number of carboxylic acid groups (broad SMARTS) is 1. The molecule has 2 aliphatic carbocycles. The molecule has 8 nitrogen and oxygen atoms in total. The van der Waals surface area contributed by atoms with Crippen molar-refractivity contribution in [3.05, 3.63) is 59.7 Å². The number of amides is 2. The highest BCUT2D eigenvalue weighted by atomic mass is 19.3. The van der Waals surface area contributed by atoms with Gasteiger partial charge in [0.2, 0.25) is 5.91 Å². The number of rotatable bonds is 6. The second-order valence-corrected chi connectivity index (χ2v) is 9.00. The lowest BCUT2D eigenvalue weighted by atomic mass is 9.94. The second kappa shape index (κ2) is 7.76. The number of ether oxygens (including phenoxy) is 1. The quantitative estimate of drug-likeness (QED) is 0.593. The van der Waals surface area contributed by atoms with Gasteiger partial charge < -0.3 is 25.2 Å². The van der Waals surface area contributed by atoms with Crippen LogP contribution in [0.15, 0.2) is 48.5 Å². The Morgan fingerprint density at radius 2 is 1.59 bits per heavy atom. The van der Waals surface area contributed by atoms with Crippen molar-refractivity contribution in [1.29, 1.82) is 0 Å². The minimum Gasteiger partial charge on any atom is -0.479 e. The van der Waals surface area contributed by atoms with Gasteiger partial charge in [-0.2, -0.15) is 0 Å². The molecule has 0 bridgehead atoms. The minimum absolute atomic E-state index is 0.0326. The van der Waals surface area contributed by atoms with E-state index in [1.54, 1.807) is 0 Å². The number of alkyl halides is 2. The van der Waals surface area contributed by atoms with Crippen molar-refractivity contribution < 1.29 is 38.1 Å². The number of aliphatic hydroxyl groups is 1. The van der Waals surface area contributed by atoms with Gasteiger partial charge in [-0.25, -0.2) is 18.4 Å². The van der Waals surface area contributed by atoms with Crippen molar-refractivity contribution >= 4 is 18.0 Å². The summed E-state index contributed by atoms with van der Waals surface area (Å²) in [5, 5.41) is 20.9. The molecular weight excluding hydrogens is 450 g/mol.